The van der Waals surface area contributed by atoms with Crippen LogP contribution in [0.3, 0.4) is 0 Å². The topological polar surface area (TPSA) is 21.3 Å². The van der Waals surface area contributed by atoms with E-state index in [-0.39, 0.29) is 11.9 Å². The summed E-state index contributed by atoms with van der Waals surface area (Å²) in [6.07, 6.45) is -0.0510. The molecule has 1 unspecified atom stereocenters. The first kappa shape index (κ1) is 13.7. The molecular weight excluding hydrogens is 265 g/mol. The lowest BCUT2D eigenvalue weighted by Crippen LogP contribution is -2.22. The van der Waals surface area contributed by atoms with Crippen molar-refractivity contribution >= 4 is 17.3 Å². The Balaban J connectivity index is 1.86. The molecule has 2 rings (SSSR count). The van der Waals surface area contributed by atoms with Gasteiger partial charge in [-0.2, -0.15) is 0 Å². The molecule has 2 aromatic rings. The van der Waals surface area contributed by atoms with Gasteiger partial charge in [0.05, 0.1) is 11.6 Å². The molecule has 2 aromatic carbocycles. The fourth-order valence-corrected chi connectivity index (χ4v) is 1.81. The zero-order valence-electron chi connectivity index (χ0n) is 10.6. The molecule has 0 radical (unpaired) electrons. The van der Waals surface area contributed by atoms with Gasteiger partial charge in [0.15, 0.2) is 0 Å². The smallest absolute Gasteiger partial charge is 0.138 e. The molecule has 0 aromatic heterocycles. The molecule has 0 amide bonds. The van der Waals surface area contributed by atoms with Crippen LogP contribution >= 0.6 is 11.6 Å². The van der Waals surface area contributed by atoms with Crippen molar-refractivity contribution in [3.05, 3.63) is 59.4 Å². The lowest BCUT2D eigenvalue weighted by atomic mass is 10.3. The van der Waals surface area contributed by atoms with E-state index in [2.05, 4.69) is 5.32 Å². The molecule has 0 saturated carbocycles. The van der Waals surface area contributed by atoms with E-state index in [0.717, 1.165) is 5.69 Å². The number of nitrogens with one attached hydrogen (secondary N) is 1. The van der Waals surface area contributed by atoms with Crippen LogP contribution in [0, 0.1) is 5.82 Å². The summed E-state index contributed by atoms with van der Waals surface area (Å²) in [5.41, 5.74) is 0.857. The first-order valence-electron chi connectivity index (χ1n) is 6.06. The predicted octanol–water partition coefficient (Wildman–Crippen LogP) is 4.36. The molecule has 0 heterocycles. The van der Waals surface area contributed by atoms with E-state index < -0.39 is 0 Å². The minimum Gasteiger partial charge on any atom is -0.487 e. The summed E-state index contributed by atoms with van der Waals surface area (Å²) in [4.78, 5) is 0. The Bertz CT molecular complexity index is 530. The van der Waals surface area contributed by atoms with Gasteiger partial charge in [0, 0.05) is 5.69 Å². The minimum absolute atomic E-state index is 0.0510. The van der Waals surface area contributed by atoms with Crippen LogP contribution in [0.4, 0.5) is 10.1 Å². The summed E-state index contributed by atoms with van der Waals surface area (Å²) in [6.45, 7) is 2.55. The Labute approximate surface area is 117 Å². The molecular formula is C15H15ClFNO. The molecule has 0 aliphatic rings. The zero-order valence-corrected chi connectivity index (χ0v) is 11.3. The minimum atomic E-state index is -0.245. The summed E-state index contributed by atoms with van der Waals surface area (Å²) in [5.74, 6) is 0.420. The van der Waals surface area contributed by atoms with Gasteiger partial charge in [0.25, 0.3) is 0 Å². The van der Waals surface area contributed by atoms with Crippen molar-refractivity contribution in [1.82, 2.24) is 0 Å². The summed E-state index contributed by atoms with van der Waals surface area (Å²) < 4.78 is 18.5. The number of halogens is 2. The van der Waals surface area contributed by atoms with Crippen LogP contribution in [0.15, 0.2) is 48.5 Å². The maximum Gasteiger partial charge on any atom is 0.138 e. The quantitative estimate of drug-likeness (QED) is 0.878. The number of para-hydroxylation sites is 1. The van der Waals surface area contributed by atoms with Gasteiger partial charge in [-0.25, -0.2) is 4.39 Å². The van der Waals surface area contributed by atoms with Gasteiger partial charge in [0.2, 0.25) is 0 Å². The van der Waals surface area contributed by atoms with E-state index in [9.17, 15) is 4.39 Å². The predicted molar refractivity (Wildman–Crippen MR) is 76.4 cm³/mol. The molecule has 0 spiro atoms. The normalized spacial score (nSPS) is 11.9. The zero-order chi connectivity index (χ0) is 13.7. The van der Waals surface area contributed by atoms with Gasteiger partial charge < -0.3 is 10.1 Å². The van der Waals surface area contributed by atoms with Crippen LogP contribution < -0.4 is 10.1 Å². The number of hydrogen-bond donors (Lipinski definition) is 1. The SMILES string of the molecule is CC(CNc1ccc(F)cc1)Oc1ccccc1Cl. The van der Waals surface area contributed by atoms with E-state index in [0.29, 0.717) is 17.3 Å². The number of ether oxygens (including phenoxy) is 1. The van der Waals surface area contributed by atoms with Crippen LogP contribution in [0.25, 0.3) is 0 Å². The molecule has 1 atom stereocenters. The van der Waals surface area contributed by atoms with Crippen LogP contribution in [-0.2, 0) is 0 Å². The second-order valence-electron chi connectivity index (χ2n) is 4.25. The number of benzene rings is 2. The van der Waals surface area contributed by atoms with Crippen LogP contribution in [-0.4, -0.2) is 12.6 Å². The lowest BCUT2D eigenvalue weighted by Gasteiger charge is -2.17. The second-order valence-corrected chi connectivity index (χ2v) is 4.65. The van der Waals surface area contributed by atoms with E-state index in [1.54, 1.807) is 18.2 Å². The van der Waals surface area contributed by atoms with Crippen molar-refractivity contribution in [2.75, 3.05) is 11.9 Å². The Morgan fingerprint density at radius 3 is 2.53 bits per heavy atom. The largest absolute Gasteiger partial charge is 0.487 e. The van der Waals surface area contributed by atoms with Gasteiger partial charge in [-0.15, -0.1) is 0 Å². The van der Waals surface area contributed by atoms with Crippen LogP contribution in [0.1, 0.15) is 6.92 Å². The first-order chi connectivity index (χ1) is 9.15. The van der Waals surface area contributed by atoms with Crippen molar-refractivity contribution in [3.63, 3.8) is 0 Å². The van der Waals surface area contributed by atoms with Crippen LogP contribution in [0.5, 0.6) is 5.75 Å². The summed E-state index contributed by atoms with van der Waals surface area (Å²) in [6, 6.07) is 13.6. The second kappa shape index (κ2) is 6.43. The average Bonchev–Trinajstić information content (AvgIpc) is 2.41. The molecule has 19 heavy (non-hydrogen) atoms. The monoisotopic (exact) mass is 279 g/mol. The molecule has 100 valence electrons. The Morgan fingerprint density at radius 2 is 1.84 bits per heavy atom. The van der Waals surface area contributed by atoms with E-state index in [1.165, 1.54) is 12.1 Å². The third-order valence-corrected chi connectivity index (χ3v) is 2.91. The summed E-state index contributed by atoms with van der Waals surface area (Å²) >= 11 is 6.02. The number of rotatable bonds is 5. The van der Waals surface area contributed by atoms with Crippen molar-refractivity contribution in [2.24, 2.45) is 0 Å². The molecule has 2 nitrogen and oxygen atoms in total. The third kappa shape index (κ3) is 4.14. The number of anilines is 1. The van der Waals surface area contributed by atoms with Gasteiger partial charge in [0.1, 0.15) is 17.7 Å². The molecule has 4 heteroatoms. The lowest BCUT2D eigenvalue weighted by molar-refractivity contribution is 0.235. The third-order valence-electron chi connectivity index (χ3n) is 2.60. The number of hydrogen-bond acceptors (Lipinski definition) is 2. The Kier molecular flexibility index (Phi) is 4.63. The van der Waals surface area contributed by atoms with Crippen molar-refractivity contribution in [3.8, 4) is 5.75 Å². The standard InChI is InChI=1S/C15H15ClFNO/c1-11(19-15-5-3-2-4-14(15)16)10-18-13-8-6-12(17)7-9-13/h2-9,11,18H,10H2,1H3. The van der Waals surface area contributed by atoms with Gasteiger partial charge in [-0.1, -0.05) is 23.7 Å². The highest BCUT2D eigenvalue weighted by molar-refractivity contribution is 6.32. The Morgan fingerprint density at radius 1 is 1.16 bits per heavy atom. The maximum atomic E-state index is 12.8. The van der Waals surface area contributed by atoms with E-state index in [1.807, 2.05) is 25.1 Å². The van der Waals surface area contributed by atoms with Crippen molar-refractivity contribution in [1.29, 1.82) is 0 Å². The average molecular weight is 280 g/mol. The molecule has 0 aliphatic heterocycles. The van der Waals surface area contributed by atoms with Gasteiger partial charge >= 0.3 is 0 Å². The van der Waals surface area contributed by atoms with Gasteiger partial charge in [-0.05, 0) is 43.3 Å². The van der Waals surface area contributed by atoms with Crippen molar-refractivity contribution < 1.29 is 9.13 Å². The highest BCUT2D eigenvalue weighted by atomic mass is 35.5. The molecule has 0 fully saturated rings. The Hall–Kier alpha value is -1.74. The molecule has 0 saturated heterocycles. The highest BCUT2D eigenvalue weighted by Gasteiger charge is 2.06. The van der Waals surface area contributed by atoms with Gasteiger partial charge in [-0.3, -0.25) is 0 Å². The molecule has 0 bridgehead atoms. The van der Waals surface area contributed by atoms with Crippen molar-refractivity contribution in [2.45, 2.75) is 13.0 Å². The molecule has 1 N–H and O–H groups in total. The summed E-state index contributed by atoms with van der Waals surface area (Å²) in [7, 11) is 0. The van der Waals surface area contributed by atoms with E-state index >= 15 is 0 Å². The first-order valence-corrected chi connectivity index (χ1v) is 6.43. The highest BCUT2D eigenvalue weighted by Crippen LogP contribution is 2.24. The summed E-state index contributed by atoms with van der Waals surface area (Å²) in [5, 5.41) is 3.77. The maximum absolute atomic E-state index is 12.8. The van der Waals surface area contributed by atoms with E-state index in [4.69, 9.17) is 16.3 Å². The fourth-order valence-electron chi connectivity index (χ4n) is 1.63. The molecule has 0 aliphatic carbocycles. The fraction of sp³-hybridized carbons (Fsp3) is 0.200. The van der Waals surface area contributed by atoms with Crippen LogP contribution in [0.2, 0.25) is 5.02 Å².